The Morgan fingerprint density at radius 3 is 1.88 bits per heavy atom. The van der Waals surface area contributed by atoms with E-state index in [9.17, 15) is 14.7 Å². The number of ether oxygens (including phenoxy) is 2. The summed E-state index contributed by atoms with van der Waals surface area (Å²) in [5.74, 6) is -1.04. The maximum absolute atomic E-state index is 12.1. The molecule has 1 amide bonds. The van der Waals surface area contributed by atoms with Gasteiger partial charge in [0.25, 0.3) is 0 Å². The number of aliphatic hydroxyl groups excluding tert-OH is 1. The fraction of sp³-hybridized carbons (Fsp3) is 0.650. The molecule has 3 rings (SSSR count). The van der Waals surface area contributed by atoms with Gasteiger partial charge in [0, 0.05) is 37.9 Å². The van der Waals surface area contributed by atoms with Crippen molar-refractivity contribution in [1.29, 1.82) is 0 Å². The van der Waals surface area contributed by atoms with Crippen LogP contribution in [0.5, 0.6) is 0 Å². The normalized spacial score (nSPS) is 17.9. The first-order valence-corrected chi connectivity index (χ1v) is 18.7. The van der Waals surface area contributed by atoms with Crippen molar-refractivity contribution in [3.8, 4) is 0 Å². The summed E-state index contributed by atoms with van der Waals surface area (Å²) in [7, 11) is 0. The van der Waals surface area contributed by atoms with E-state index in [4.69, 9.17) is 14.6 Å². The minimum absolute atomic E-state index is 0.00702. The first kappa shape index (κ1) is 39.7. The van der Waals surface area contributed by atoms with Crippen LogP contribution in [0.3, 0.4) is 0 Å². The molecule has 8 nitrogen and oxygen atoms in total. The fourth-order valence-electron chi connectivity index (χ4n) is 6.33. The molecule has 48 heavy (non-hydrogen) atoms. The van der Waals surface area contributed by atoms with Crippen LogP contribution in [-0.2, 0) is 32.2 Å². The number of nitrogens with one attached hydrogen (secondary N) is 1. The van der Waals surface area contributed by atoms with Gasteiger partial charge in [-0.1, -0.05) is 127 Å². The van der Waals surface area contributed by atoms with E-state index in [0.29, 0.717) is 13.0 Å². The van der Waals surface area contributed by atoms with Gasteiger partial charge in [-0.05, 0) is 49.0 Å². The zero-order valence-electron chi connectivity index (χ0n) is 29.7. The van der Waals surface area contributed by atoms with E-state index >= 15 is 0 Å². The Labute approximate surface area is 289 Å². The fourth-order valence-corrected chi connectivity index (χ4v) is 6.33. The van der Waals surface area contributed by atoms with Gasteiger partial charge in [-0.25, -0.2) is 0 Å². The summed E-state index contributed by atoms with van der Waals surface area (Å²) >= 11 is 0. The number of carboxylic acid groups (broad SMARTS) is 1. The van der Waals surface area contributed by atoms with E-state index in [1.165, 1.54) is 77.0 Å². The van der Waals surface area contributed by atoms with Crippen LogP contribution >= 0.6 is 0 Å². The smallest absolute Gasteiger partial charge is 0.303 e. The van der Waals surface area contributed by atoms with Gasteiger partial charge >= 0.3 is 5.97 Å². The van der Waals surface area contributed by atoms with Crippen molar-refractivity contribution in [1.82, 2.24) is 10.2 Å². The van der Waals surface area contributed by atoms with Crippen molar-refractivity contribution in [2.75, 3.05) is 19.6 Å². The lowest BCUT2D eigenvalue weighted by atomic mass is 9.99. The van der Waals surface area contributed by atoms with Gasteiger partial charge in [0.05, 0.1) is 18.8 Å². The summed E-state index contributed by atoms with van der Waals surface area (Å²) in [4.78, 5) is 25.5. The molecule has 0 aliphatic carbocycles. The van der Waals surface area contributed by atoms with E-state index in [0.717, 1.165) is 48.3 Å². The van der Waals surface area contributed by atoms with Crippen molar-refractivity contribution in [2.45, 2.75) is 148 Å². The van der Waals surface area contributed by atoms with Crippen molar-refractivity contribution < 1.29 is 29.3 Å². The highest BCUT2D eigenvalue weighted by Crippen LogP contribution is 2.38. The van der Waals surface area contributed by atoms with E-state index in [2.05, 4.69) is 36.2 Å². The molecule has 0 unspecified atom stereocenters. The van der Waals surface area contributed by atoms with Crippen LogP contribution in [0, 0.1) is 0 Å². The van der Waals surface area contributed by atoms with Gasteiger partial charge in [0.1, 0.15) is 0 Å². The molecule has 268 valence electrons. The molecular formula is C40H62N2O6. The molecule has 0 spiro atoms. The van der Waals surface area contributed by atoms with E-state index in [1.54, 1.807) is 0 Å². The van der Waals surface area contributed by atoms with Crippen LogP contribution in [0.25, 0.3) is 0 Å². The minimum Gasteiger partial charge on any atom is -0.481 e. The largest absolute Gasteiger partial charge is 0.481 e. The molecule has 1 aliphatic rings. The van der Waals surface area contributed by atoms with E-state index < -0.39 is 12.3 Å². The van der Waals surface area contributed by atoms with Crippen LogP contribution in [0.1, 0.15) is 151 Å². The third kappa shape index (κ3) is 15.6. The Balaban J connectivity index is 1.67. The number of unbranched alkanes of at least 4 members (excludes halogenated alkanes) is 10. The average molecular weight is 667 g/mol. The highest BCUT2D eigenvalue weighted by atomic mass is 16.7. The molecule has 0 aromatic heterocycles. The Kier molecular flexibility index (Phi) is 19.5. The second-order valence-corrected chi connectivity index (χ2v) is 13.5. The zero-order chi connectivity index (χ0) is 34.4. The van der Waals surface area contributed by atoms with Gasteiger partial charge in [0.2, 0.25) is 5.91 Å². The standard InChI is InChI=1S/C40H62N2O6/c1-3-5-7-9-11-13-26-42(27-14-12-10-8-6-4-2)30-36-28-37(34-22-20-33(31-43)21-23-34)48-40(47-36)35-24-18-32(19-25-35)29-41-38(44)16-15-17-39(45)46/h18-25,36-37,40,43H,3-17,26-31H2,1-2H3,(H,41,44)(H,45,46)/t36-,37+,40+/m0/s1. The van der Waals surface area contributed by atoms with Crippen molar-refractivity contribution in [2.24, 2.45) is 0 Å². The highest BCUT2D eigenvalue weighted by molar-refractivity contribution is 5.76. The summed E-state index contributed by atoms with van der Waals surface area (Å²) in [5.41, 5.74) is 3.86. The molecule has 0 saturated carbocycles. The quantitative estimate of drug-likeness (QED) is 0.0911. The van der Waals surface area contributed by atoms with Gasteiger partial charge in [0.15, 0.2) is 6.29 Å². The molecular weight excluding hydrogens is 604 g/mol. The molecule has 1 saturated heterocycles. The topological polar surface area (TPSA) is 108 Å². The highest BCUT2D eigenvalue weighted by Gasteiger charge is 2.33. The molecule has 3 atom stereocenters. The maximum atomic E-state index is 12.1. The maximum Gasteiger partial charge on any atom is 0.303 e. The Morgan fingerprint density at radius 1 is 0.729 bits per heavy atom. The van der Waals surface area contributed by atoms with Crippen LogP contribution in [-0.4, -0.2) is 52.7 Å². The number of benzene rings is 2. The summed E-state index contributed by atoms with van der Waals surface area (Å²) in [5, 5.41) is 21.3. The lowest BCUT2D eigenvalue weighted by Gasteiger charge is -2.38. The lowest BCUT2D eigenvalue weighted by molar-refractivity contribution is -0.253. The molecule has 2 aromatic carbocycles. The van der Waals surface area contributed by atoms with Gasteiger partial charge in [-0.15, -0.1) is 0 Å². The third-order valence-electron chi connectivity index (χ3n) is 9.27. The number of hydrogen-bond acceptors (Lipinski definition) is 6. The van der Waals surface area contributed by atoms with Gasteiger partial charge in [-0.2, -0.15) is 0 Å². The molecule has 3 N–H and O–H groups in total. The number of aliphatic carboxylic acids is 1. The van der Waals surface area contributed by atoms with E-state index in [1.807, 2.05) is 36.4 Å². The predicted molar refractivity (Wildman–Crippen MR) is 191 cm³/mol. The first-order valence-electron chi connectivity index (χ1n) is 18.7. The van der Waals surface area contributed by atoms with Crippen LogP contribution < -0.4 is 5.32 Å². The Bertz CT molecular complexity index is 1140. The lowest BCUT2D eigenvalue weighted by Crippen LogP contribution is -2.40. The SMILES string of the molecule is CCCCCCCCN(CCCCCCCC)C[C@@H]1C[C@H](c2ccc(CO)cc2)O[C@H](c2ccc(CNC(=O)CCCC(=O)O)cc2)O1. The number of amides is 1. The number of rotatable bonds is 25. The van der Waals surface area contributed by atoms with Crippen molar-refractivity contribution in [3.05, 3.63) is 70.8 Å². The van der Waals surface area contributed by atoms with E-state index in [-0.39, 0.29) is 37.6 Å². The number of nitrogens with zero attached hydrogens (tertiary/aromatic N) is 1. The second-order valence-electron chi connectivity index (χ2n) is 13.5. The molecule has 0 bridgehead atoms. The zero-order valence-corrected chi connectivity index (χ0v) is 29.7. The van der Waals surface area contributed by atoms with Crippen LogP contribution in [0.2, 0.25) is 0 Å². The van der Waals surface area contributed by atoms with Gasteiger partial charge < -0.3 is 29.9 Å². The Hall–Kier alpha value is -2.78. The summed E-state index contributed by atoms with van der Waals surface area (Å²) in [6, 6.07) is 16.0. The second kappa shape index (κ2) is 23.6. The Morgan fingerprint density at radius 2 is 1.29 bits per heavy atom. The number of carboxylic acids is 1. The average Bonchev–Trinajstić information content (AvgIpc) is 3.10. The molecule has 1 heterocycles. The molecule has 2 aromatic rings. The predicted octanol–water partition coefficient (Wildman–Crippen LogP) is 8.62. The van der Waals surface area contributed by atoms with Gasteiger partial charge in [-0.3, -0.25) is 9.59 Å². The van der Waals surface area contributed by atoms with Crippen molar-refractivity contribution >= 4 is 11.9 Å². The molecule has 0 radical (unpaired) electrons. The summed E-state index contributed by atoms with van der Waals surface area (Å²) in [6.07, 6.45) is 16.1. The molecule has 1 aliphatic heterocycles. The van der Waals surface area contributed by atoms with Crippen LogP contribution in [0.15, 0.2) is 48.5 Å². The first-order chi connectivity index (χ1) is 23.4. The number of aliphatic hydroxyl groups is 1. The monoisotopic (exact) mass is 666 g/mol. The van der Waals surface area contributed by atoms with Crippen molar-refractivity contribution in [3.63, 3.8) is 0 Å². The third-order valence-corrected chi connectivity index (χ3v) is 9.27. The number of carbonyl (C=O) groups excluding carboxylic acids is 1. The number of carbonyl (C=O) groups is 2. The number of hydrogen-bond donors (Lipinski definition) is 3. The summed E-state index contributed by atoms with van der Waals surface area (Å²) < 4.78 is 13.3. The summed E-state index contributed by atoms with van der Waals surface area (Å²) in [6.45, 7) is 8.00. The molecule has 8 heteroatoms. The molecule has 1 fully saturated rings. The van der Waals surface area contributed by atoms with Crippen LogP contribution in [0.4, 0.5) is 0 Å². The minimum atomic E-state index is -0.888.